The summed E-state index contributed by atoms with van der Waals surface area (Å²) in [7, 11) is 0. The van der Waals surface area contributed by atoms with Crippen LogP contribution in [0.25, 0.3) is 11.0 Å². The Balaban J connectivity index is 1.92. The molecule has 0 saturated carbocycles. The Morgan fingerprint density at radius 3 is 2.85 bits per heavy atom. The van der Waals surface area contributed by atoms with Gasteiger partial charge in [0.25, 0.3) is 5.91 Å². The molecule has 1 amide bonds. The highest BCUT2D eigenvalue weighted by molar-refractivity contribution is 6.02. The standard InChI is InChI=1S/C15H13N3O2/c1-10-6-7-11(14(19)8-10)15(20)17-18-9-16-12-4-2-3-5-13(12)18/h2-9,19H,1H3,(H,17,20). The third-order valence-electron chi connectivity index (χ3n) is 3.07. The summed E-state index contributed by atoms with van der Waals surface area (Å²) < 4.78 is 1.54. The van der Waals surface area contributed by atoms with Crippen molar-refractivity contribution < 1.29 is 9.90 Å². The van der Waals surface area contributed by atoms with Crippen LogP contribution in [0.4, 0.5) is 0 Å². The predicted octanol–water partition coefficient (Wildman–Crippen LogP) is 2.43. The number of aromatic hydroxyl groups is 1. The SMILES string of the molecule is Cc1ccc(C(=O)Nn2cnc3ccccc32)c(O)c1. The molecule has 0 radical (unpaired) electrons. The number of amides is 1. The number of hydrogen-bond acceptors (Lipinski definition) is 3. The summed E-state index contributed by atoms with van der Waals surface area (Å²) in [6.45, 7) is 1.85. The second-order valence-electron chi connectivity index (χ2n) is 4.56. The fraction of sp³-hybridized carbons (Fsp3) is 0.0667. The van der Waals surface area contributed by atoms with Crippen molar-refractivity contribution >= 4 is 16.9 Å². The van der Waals surface area contributed by atoms with Crippen molar-refractivity contribution in [1.82, 2.24) is 9.66 Å². The summed E-state index contributed by atoms with van der Waals surface area (Å²) >= 11 is 0. The molecule has 1 aromatic heterocycles. The number of carbonyl (C=O) groups excluding carboxylic acids is 1. The molecule has 0 aliphatic carbocycles. The number of benzene rings is 2. The molecule has 3 aromatic rings. The highest BCUT2D eigenvalue weighted by atomic mass is 16.3. The number of para-hydroxylation sites is 2. The molecular formula is C15H13N3O2. The van der Waals surface area contributed by atoms with E-state index in [2.05, 4.69) is 10.4 Å². The monoisotopic (exact) mass is 267 g/mol. The first-order valence-electron chi connectivity index (χ1n) is 6.18. The summed E-state index contributed by atoms with van der Waals surface area (Å²) in [5.41, 5.74) is 5.41. The van der Waals surface area contributed by atoms with Crippen molar-refractivity contribution in [1.29, 1.82) is 0 Å². The minimum Gasteiger partial charge on any atom is -0.507 e. The van der Waals surface area contributed by atoms with Crippen LogP contribution in [0.15, 0.2) is 48.8 Å². The number of nitrogens with zero attached hydrogens (tertiary/aromatic N) is 2. The van der Waals surface area contributed by atoms with Gasteiger partial charge in [-0.1, -0.05) is 18.2 Å². The van der Waals surface area contributed by atoms with E-state index < -0.39 is 0 Å². The van der Waals surface area contributed by atoms with E-state index in [1.54, 1.807) is 18.2 Å². The van der Waals surface area contributed by atoms with Gasteiger partial charge in [-0.25, -0.2) is 9.66 Å². The number of rotatable bonds is 2. The molecule has 3 rings (SSSR count). The van der Waals surface area contributed by atoms with E-state index in [1.807, 2.05) is 31.2 Å². The number of nitrogens with one attached hydrogen (secondary N) is 1. The Bertz CT molecular complexity index is 793. The molecule has 2 aromatic carbocycles. The number of carbonyl (C=O) groups is 1. The Hall–Kier alpha value is -2.82. The van der Waals surface area contributed by atoms with Crippen molar-refractivity contribution in [2.24, 2.45) is 0 Å². The van der Waals surface area contributed by atoms with Crippen molar-refractivity contribution in [2.75, 3.05) is 5.43 Å². The summed E-state index contributed by atoms with van der Waals surface area (Å²) in [4.78, 5) is 16.4. The maximum Gasteiger partial charge on any atom is 0.273 e. The molecular weight excluding hydrogens is 254 g/mol. The Labute approximate surface area is 115 Å². The van der Waals surface area contributed by atoms with Crippen LogP contribution in [0.1, 0.15) is 15.9 Å². The van der Waals surface area contributed by atoms with Crippen LogP contribution in [0, 0.1) is 6.92 Å². The second kappa shape index (κ2) is 4.70. The topological polar surface area (TPSA) is 67.2 Å². The van der Waals surface area contributed by atoms with Crippen LogP contribution in [0.3, 0.4) is 0 Å². The van der Waals surface area contributed by atoms with Crippen LogP contribution < -0.4 is 5.43 Å². The first-order chi connectivity index (χ1) is 9.65. The summed E-state index contributed by atoms with van der Waals surface area (Å²) in [5.74, 6) is -0.419. The molecule has 0 spiro atoms. The van der Waals surface area contributed by atoms with E-state index in [9.17, 15) is 9.90 Å². The summed E-state index contributed by atoms with van der Waals surface area (Å²) in [5, 5.41) is 9.82. The smallest absolute Gasteiger partial charge is 0.273 e. The molecule has 0 fully saturated rings. The first kappa shape index (κ1) is 12.2. The lowest BCUT2D eigenvalue weighted by atomic mass is 10.1. The van der Waals surface area contributed by atoms with Gasteiger partial charge in [0.15, 0.2) is 0 Å². The molecule has 0 aliphatic rings. The van der Waals surface area contributed by atoms with E-state index in [-0.39, 0.29) is 17.2 Å². The number of aromatic nitrogens is 2. The molecule has 0 saturated heterocycles. The quantitative estimate of drug-likeness (QED) is 0.749. The molecule has 0 unspecified atom stereocenters. The van der Waals surface area contributed by atoms with Crippen molar-refractivity contribution in [3.8, 4) is 5.75 Å². The molecule has 1 heterocycles. The van der Waals surface area contributed by atoms with Crippen molar-refractivity contribution in [3.05, 3.63) is 59.9 Å². The molecule has 5 heteroatoms. The minimum atomic E-state index is -0.384. The number of imidazole rings is 1. The fourth-order valence-corrected chi connectivity index (χ4v) is 2.05. The van der Waals surface area contributed by atoms with Gasteiger partial charge in [-0.3, -0.25) is 10.2 Å². The summed E-state index contributed by atoms with van der Waals surface area (Å²) in [6, 6.07) is 12.4. The normalized spacial score (nSPS) is 10.7. The maximum absolute atomic E-state index is 12.2. The van der Waals surface area contributed by atoms with E-state index in [0.717, 1.165) is 16.6 Å². The van der Waals surface area contributed by atoms with E-state index in [0.29, 0.717) is 0 Å². The number of aryl methyl sites for hydroxylation is 1. The molecule has 0 bridgehead atoms. The largest absolute Gasteiger partial charge is 0.507 e. The van der Waals surface area contributed by atoms with Crippen LogP contribution >= 0.6 is 0 Å². The Morgan fingerprint density at radius 2 is 2.05 bits per heavy atom. The van der Waals surface area contributed by atoms with E-state index in [1.165, 1.54) is 11.0 Å². The van der Waals surface area contributed by atoms with Gasteiger partial charge < -0.3 is 5.11 Å². The lowest BCUT2D eigenvalue weighted by molar-refractivity contribution is 0.101. The van der Waals surface area contributed by atoms with Crippen LogP contribution in [0.2, 0.25) is 0 Å². The van der Waals surface area contributed by atoms with Gasteiger partial charge in [0.1, 0.15) is 12.1 Å². The number of hydrogen-bond donors (Lipinski definition) is 2. The van der Waals surface area contributed by atoms with Gasteiger partial charge in [0.2, 0.25) is 0 Å². The van der Waals surface area contributed by atoms with Gasteiger partial charge in [-0.05, 0) is 36.8 Å². The average Bonchev–Trinajstić information content (AvgIpc) is 2.82. The van der Waals surface area contributed by atoms with Gasteiger partial charge in [0, 0.05) is 0 Å². The highest BCUT2D eigenvalue weighted by Gasteiger charge is 2.12. The third-order valence-corrected chi connectivity index (χ3v) is 3.07. The van der Waals surface area contributed by atoms with Crippen LogP contribution in [-0.4, -0.2) is 20.7 Å². The van der Waals surface area contributed by atoms with Gasteiger partial charge in [0.05, 0.1) is 16.6 Å². The zero-order valence-electron chi connectivity index (χ0n) is 10.9. The lowest BCUT2D eigenvalue weighted by Crippen LogP contribution is -2.22. The average molecular weight is 267 g/mol. The van der Waals surface area contributed by atoms with Crippen molar-refractivity contribution in [2.45, 2.75) is 6.92 Å². The molecule has 0 atom stereocenters. The highest BCUT2D eigenvalue weighted by Crippen LogP contribution is 2.19. The van der Waals surface area contributed by atoms with Crippen LogP contribution in [0.5, 0.6) is 5.75 Å². The number of phenols is 1. The Morgan fingerprint density at radius 1 is 1.25 bits per heavy atom. The lowest BCUT2D eigenvalue weighted by Gasteiger charge is -2.08. The molecule has 20 heavy (non-hydrogen) atoms. The molecule has 5 nitrogen and oxygen atoms in total. The zero-order valence-corrected chi connectivity index (χ0v) is 10.9. The predicted molar refractivity (Wildman–Crippen MR) is 76.3 cm³/mol. The van der Waals surface area contributed by atoms with Crippen LogP contribution in [-0.2, 0) is 0 Å². The van der Waals surface area contributed by atoms with Gasteiger partial charge >= 0.3 is 0 Å². The molecule has 2 N–H and O–H groups in total. The fourth-order valence-electron chi connectivity index (χ4n) is 2.05. The van der Waals surface area contributed by atoms with Gasteiger partial charge in [-0.2, -0.15) is 0 Å². The third kappa shape index (κ3) is 2.09. The molecule has 0 aliphatic heterocycles. The number of fused-ring (bicyclic) bond motifs is 1. The van der Waals surface area contributed by atoms with Gasteiger partial charge in [-0.15, -0.1) is 0 Å². The second-order valence-corrected chi connectivity index (χ2v) is 4.56. The Kier molecular flexibility index (Phi) is 2.87. The number of phenolic OH excluding ortho intramolecular Hbond substituents is 1. The molecule has 100 valence electrons. The zero-order chi connectivity index (χ0) is 14.1. The summed E-state index contributed by atoms with van der Waals surface area (Å²) in [6.07, 6.45) is 1.54. The van der Waals surface area contributed by atoms with E-state index >= 15 is 0 Å². The maximum atomic E-state index is 12.2. The first-order valence-corrected chi connectivity index (χ1v) is 6.18. The van der Waals surface area contributed by atoms with E-state index in [4.69, 9.17) is 0 Å². The van der Waals surface area contributed by atoms with Crippen molar-refractivity contribution in [3.63, 3.8) is 0 Å². The minimum absolute atomic E-state index is 0.0353.